The van der Waals surface area contributed by atoms with Gasteiger partial charge in [0.1, 0.15) is 0 Å². The van der Waals surface area contributed by atoms with Crippen molar-refractivity contribution in [2.75, 3.05) is 6.54 Å². The number of benzene rings is 2. The number of halogens is 2. The van der Waals surface area contributed by atoms with Crippen molar-refractivity contribution in [2.24, 2.45) is 0 Å². The third kappa shape index (κ3) is 4.62. The van der Waals surface area contributed by atoms with Crippen molar-refractivity contribution in [2.45, 2.75) is 25.8 Å². The summed E-state index contributed by atoms with van der Waals surface area (Å²) in [5.74, 6) is 0. The van der Waals surface area contributed by atoms with E-state index < -0.39 is 0 Å². The molecule has 106 valence electrons. The van der Waals surface area contributed by atoms with Crippen molar-refractivity contribution < 1.29 is 0 Å². The highest BCUT2D eigenvalue weighted by Gasteiger charge is 2.11. The van der Waals surface area contributed by atoms with Crippen LogP contribution < -0.4 is 5.32 Å². The van der Waals surface area contributed by atoms with Crippen LogP contribution in [0.1, 0.15) is 30.5 Å². The van der Waals surface area contributed by atoms with Crippen LogP contribution in [0.25, 0.3) is 0 Å². The van der Waals surface area contributed by atoms with Crippen molar-refractivity contribution in [1.82, 2.24) is 5.32 Å². The summed E-state index contributed by atoms with van der Waals surface area (Å²) >= 11 is 9.51. The Kier molecular flexibility index (Phi) is 6.08. The number of hydrogen-bond donors (Lipinski definition) is 1. The van der Waals surface area contributed by atoms with E-state index in [9.17, 15) is 0 Å². The van der Waals surface area contributed by atoms with E-state index in [2.05, 4.69) is 64.6 Å². The van der Waals surface area contributed by atoms with Gasteiger partial charge in [0.2, 0.25) is 0 Å². The van der Waals surface area contributed by atoms with Gasteiger partial charge in [0.05, 0.1) is 0 Å². The zero-order valence-corrected chi connectivity index (χ0v) is 13.9. The van der Waals surface area contributed by atoms with E-state index in [0.717, 1.165) is 28.9 Å². The molecule has 0 heterocycles. The first-order valence-electron chi connectivity index (χ1n) is 6.92. The fraction of sp³-hybridized carbons (Fsp3) is 0.294. The molecule has 0 bridgehead atoms. The maximum Gasteiger partial charge on any atom is 0.0406 e. The first kappa shape index (κ1) is 15.6. The molecule has 0 aromatic heterocycles. The van der Waals surface area contributed by atoms with Crippen molar-refractivity contribution in [3.63, 3.8) is 0 Å². The van der Waals surface area contributed by atoms with Gasteiger partial charge in [0, 0.05) is 15.5 Å². The van der Waals surface area contributed by atoms with Crippen LogP contribution in [0.3, 0.4) is 0 Å². The molecule has 0 radical (unpaired) electrons. The zero-order chi connectivity index (χ0) is 14.4. The summed E-state index contributed by atoms with van der Waals surface area (Å²) < 4.78 is 1.13. The van der Waals surface area contributed by atoms with Crippen LogP contribution in [0.4, 0.5) is 0 Å². The Morgan fingerprint density at radius 1 is 1.15 bits per heavy atom. The van der Waals surface area contributed by atoms with E-state index in [1.54, 1.807) is 0 Å². The van der Waals surface area contributed by atoms with E-state index in [-0.39, 0.29) is 0 Å². The summed E-state index contributed by atoms with van der Waals surface area (Å²) in [6.07, 6.45) is 2.10. The lowest BCUT2D eigenvalue weighted by Gasteiger charge is -2.19. The Bertz CT molecular complexity index is 539. The third-order valence-electron chi connectivity index (χ3n) is 3.24. The van der Waals surface area contributed by atoms with E-state index in [4.69, 9.17) is 11.6 Å². The van der Waals surface area contributed by atoms with Gasteiger partial charge in [-0.15, -0.1) is 0 Å². The molecule has 20 heavy (non-hydrogen) atoms. The maximum absolute atomic E-state index is 5.98. The Morgan fingerprint density at radius 3 is 2.55 bits per heavy atom. The molecule has 1 unspecified atom stereocenters. The molecule has 0 spiro atoms. The van der Waals surface area contributed by atoms with Crippen LogP contribution in [-0.4, -0.2) is 6.54 Å². The summed E-state index contributed by atoms with van der Waals surface area (Å²) in [5.41, 5.74) is 2.60. The molecule has 0 aliphatic rings. The molecular weight excluding hydrogens is 334 g/mol. The summed E-state index contributed by atoms with van der Waals surface area (Å²) in [6.45, 7) is 3.20. The molecule has 1 nitrogen and oxygen atoms in total. The lowest BCUT2D eigenvalue weighted by atomic mass is 9.99. The second-order valence-corrected chi connectivity index (χ2v) is 6.24. The van der Waals surface area contributed by atoms with Crippen LogP contribution in [0, 0.1) is 0 Å². The highest BCUT2D eigenvalue weighted by molar-refractivity contribution is 9.10. The molecule has 1 atom stereocenters. The fourth-order valence-corrected chi connectivity index (χ4v) is 2.79. The Hall–Kier alpha value is -0.830. The minimum absolute atomic E-state index is 0.321. The number of rotatable bonds is 6. The Balaban J connectivity index is 2.16. The van der Waals surface area contributed by atoms with Gasteiger partial charge >= 0.3 is 0 Å². The average Bonchev–Trinajstić information content (AvgIpc) is 2.44. The second kappa shape index (κ2) is 7.82. The predicted molar refractivity (Wildman–Crippen MR) is 90.3 cm³/mol. The van der Waals surface area contributed by atoms with Crippen LogP contribution >= 0.6 is 27.5 Å². The molecule has 2 rings (SSSR count). The fourth-order valence-electron chi connectivity index (χ4n) is 2.22. The van der Waals surface area contributed by atoms with Gasteiger partial charge in [-0.1, -0.05) is 58.7 Å². The molecule has 0 saturated carbocycles. The molecule has 0 amide bonds. The van der Waals surface area contributed by atoms with Crippen molar-refractivity contribution >= 4 is 27.5 Å². The SMILES string of the molecule is CCCNC(Cc1cccc(Br)c1)c1ccc(Cl)cc1. The van der Waals surface area contributed by atoms with Crippen molar-refractivity contribution in [3.05, 3.63) is 69.2 Å². The standard InChI is InChI=1S/C17H19BrClN/c1-2-10-20-17(14-6-8-16(19)9-7-14)12-13-4-3-5-15(18)11-13/h3-9,11,17,20H,2,10,12H2,1H3. The van der Waals surface area contributed by atoms with Gasteiger partial charge in [0.15, 0.2) is 0 Å². The summed E-state index contributed by atoms with van der Waals surface area (Å²) in [6, 6.07) is 16.9. The zero-order valence-electron chi connectivity index (χ0n) is 11.6. The van der Waals surface area contributed by atoms with Gasteiger partial charge in [-0.2, -0.15) is 0 Å². The van der Waals surface area contributed by atoms with E-state index in [1.807, 2.05) is 12.1 Å². The van der Waals surface area contributed by atoms with E-state index >= 15 is 0 Å². The minimum Gasteiger partial charge on any atom is -0.310 e. The number of nitrogens with one attached hydrogen (secondary N) is 1. The molecule has 0 saturated heterocycles. The van der Waals surface area contributed by atoms with Gasteiger partial charge in [0.25, 0.3) is 0 Å². The molecule has 2 aromatic rings. The summed E-state index contributed by atoms with van der Waals surface area (Å²) in [4.78, 5) is 0. The maximum atomic E-state index is 5.98. The van der Waals surface area contributed by atoms with Crippen LogP contribution in [0.15, 0.2) is 53.0 Å². The minimum atomic E-state index is 0.321. The normalized spacial score (nSPS) is 12.3. The molecule has 2 aromatic carbocycles. The van der Waals surface area contributed by atoms with Crippen LogP contribution in [0.5, 0.6) is 0 Å². The van der Waals surface area contributed by atoms with Gasteiger partial charge in [-0.05, 0) is 54.8 Å². The summed E-state index contributed by atoms with van der Waals surface area (Å²) in [5, 5.41) is 4.40. The lowest BCUT2D eigenvalue weighted by Crippen LogP contribution is -2.24. The second-order valence-electron chi connectivity index (χ2n) is 4.89. The third-order valence-corrected chi connectivity index (χ3v) is 3.99. The molecular formula is C17H19BrClN. The average molecular weight is 353 g/mol. The van der Waals surface area contributed by atoms with E-state index in [0.29, 0.717) is 6.04 Å². The van der Waals surface area contributed by atoms with Gasteiger partial charge in [-0.25, -0.2) is 0 Å². The van der Waals surface area contributed by atoms with Crippen molar-refractivity contribution in [1.29, 1.82) is 0 Å². The monoisotopic (exact) mass is 351 g/mol. The quantitative estimate of drug-likeness (QED) is 0.735. The smallest absolute Gasteiger partial charge is 0.0406 e. The Morgan fingerprint density at radius 2 is 1.90 bits per heavy atom. The Labute approximate surface area is 134 Å². The first-order valence-corrected chi connectivity index (χ1v) is 8.09. The van der Waals surface area contributed by atoms with Gasteiger partial charge in [-0.3, -0.25) is 0 Å². The largest absolute Gasteiger partial charge is 0.310 e. The van der Waals surface area contributed by atoms with Crippen molar-refractivity contribution in [3.8, 4) is 0 Å². The molecule has 0 aliphatic heterocycles. The highest BCUT2D eigenvalue weighted by Crippen LogP contribution is 2.22. The summed E-state index contributed by atoms with van der Waals surface area (Å²) in [7, 11) is 0. The molecule has 3 heteroatoms. The number of hydrogen-bond acceptors (Lipinski definition) is 1. The lowest BCUT2D eigenvalue weighted by molar-refractivity contribution is 0.529. The first-order chi connectivity index (χ1) is 9.69. The molecule has 0 fully saturated rings. The highest BCUT2D eigenvalue weighted by atomic mass is 79.9. The molecule has 1 N–H and O–H groups in total. The topological polar surface area (TPSA) is 12.0 Å². The van der Waals surface area contributed by atoms with Gasteiger partial charge < -0.3 is 5.32 Å². The molecule has 0 aliphatic carbocycles. The van der Waals surface area contributed by atoms with E-state index in [1.165, 1.54) is 11.1 Å². The predicted octanol–water partition coefficient (Wildman–Crippen LogP) is 5.39. The van der Waals surface area contributed by atoms with Crippen LogP contribution in [-0.2, 0) is 6.42 Å². The van der Waals surface area contributed by atoms with Crippen LogP contribution in [0.2, 0.25) is 5.02 Å².